The Morgan fingerprint density at radius 3 is 3.30 bits per heavy atom. The van der Waals surface area contributed by atoms with Gasteiger partial charge >= 0.3 is 0 Å². The Kier molecular flexibility index (Phi) is 1.14. The van der Waals surface area contributed by atoms with Crippen LogP contribution in [-0.2, 0) is 6.54 Å². The maximum atomic E-state index is 4.97. The maximum absolute atomic E-state index is 4.97. The van der Waals surface area contributed by atoms with Crippen LogP contribution in [0.4, 0.5) is 0 Å². The van der Waals surface area contributed by atoms with Crippen LogP contribution in [0.25, 0.3) is 0 Å². The molecule has 0 unspecified atom stereocenters. The molecular formula is C6H5N3S. The predicted octanol–water partition coefficient (Wildman–Crippen LogP) is 1.07. The quantitative estimate of drug-likeness (QED) is 0.563. The van der Waals surface area contributed by atoms with Crippen molar-refractivity contribution in [3.05, 3.63) is 22.2 Å². The number of aromatic amines is 1. The van der Waals surface area contributed by atoms with Gasteiger partial charge in [-0.25, -0.2) is 4.98 Å². The van der Waals surface area contributed by atoms with Gasteiger partial charge in [-0.3, -0.25) is 4.99 Å². The first-order valence-electron chi connectivity index (χ1n) is 2.94. The van der Waals surface area contributed by atoms with E-state index in [0.717, 1.165) is 11.3 Å². The summed E-state index contributed by atoms with van der Waals surface area (Å²) in [6, 6.07) is 0. The molecule has 0 saturated carbocycles. The van der Waals surface area contributed by atoms with Crippen LogP contribution in [0.3, 0.4) is 0 Å². The molecule has 0 atom stereocenters. The van der Waals surface area contributed by atoms with Crippen molar-refractivity contribution < 1.29 is 0 Å². The molecule has 0 fully saturated rings. The van der Waals surface area contributed by atoms with Gasteiger partial charge in [0.05, 0.1) is 18.6 Å². The molecule has 1 aromatic heterocycles. The topological polar surface area (TPSA) is 41.0 Å². The summed E-state index contributed by atoms with van der Waals surface area (Å²) in [7, 11) is 0. The van der Waals surface area contributed by atoms with Gasteiger partial charge in [-0.1, -0.05) is 12.2 Å². The summed E-state index contributed by atoms with van der Waals surface area (Å²) in [6.07, 6.45) is 3.38. The number of aromatic nitrogens is 2. The molecular weight excluding hydrogens is 146 g/mol. The summed E-state index contributed by atoms with van der Waals surface area (Å²) in [6.45, 7) is 0.679. The van der Waals surface area contributed by atoms with E-state index in [1.807, 2.05) is 0 Å². The highest BCUT2D eigenvalue weighted by molar-refractivity contribution is 7.71. The Morgan fingerprint density at radius 2 is 2.50 bits per heavy atom. The van der Waals surface area contributed by atoms with Crippen LogP contribution >= 0.6 is 12.2 Å². The van der Waals surface area contributed by atoms with Crippen LogP contribution in [0, 0.1) is 4.64 Å². The average Bonchev–Trinajstić information content (AvgIpc) is 2.36. The van der Waals surface area contributed by atoms with E-state index in [1.54, 1.807) is 12.5 Å². The summed E-state index contributed by atoms with van der Waals surface area (Å²) >= 11 is 4.97. The molecule has 0 amide bonds. The zero-order chi connectivity index (χ0) is 6.97. The normalized spacial score (nSPS) is 13.6. The summed E-state index contributed by atoms with van der Waals surface area (Å²) in [5, 5.41) is 0. The van der Waals surface area contributed by atoms with E-state index >= 15 is 0 Å². The molecule has 0 bridgehead atoms. The van der Waals surface area contributed by atoms with Gasteiger partial charge in [0.1, 0.15) is 4.64 Å². The lowest BCUT2D eigenvalue weighted by Crippen LogP contribution is -1.91. The Labute approximate surface area is 62.8 Å². The number of nitrogens with zero attached hydrogens (tertiary/aromatic N) is 2. The Bertz CT molecular complexity index is 339. The van der Waals surface area contributed by atoms with Gasteiger partial charge < -0.3 is 4.98 Å². The second-order valence-corrected chi connectivity index (χ2v) is 2.46. The Morgan fingerprint density at radius 1 is 1.60 bits per heavy atom. The second kappa shape index (κ2) is 1.98. The van der Waals surface area contributed by atoms with Gasteiger partial charge in [-0.15, -0.1) is 0 Å². The fourth-order valence-electron chi connectivity index (χ4n) is 0.937. The summed E-state index contributed by atoms with van der Waals surface area (Å²) < 4.78 is 0.659. The SMILES string of the molecule is S=c1nc[nH]c2c1CN=C2. The van der Waals surface area contributed by atoms with E-state index in [0.29, 0.717) is 11.2 Å². The third kappa shape index (κ3) is 0.690. The minimum atomic E-state index is 0.659. The number of fused-ring (bicyclic) bond motifs is 1. The van der Waals surface area contributed by atoms with Gasteiger partial charge in [0, 0.05) is 11.8 Å². The van der Waals surface area contributed by atoms with Gasteiger partial charge in [0.25, 0.3) is 0 Å². The van der Waals surface area contributed by atoms with Crippen LogP contribution in [0.1, 0.15) is 11.3 Å². The number of hydrogen-bond acceptors (Lipinski definition) is 3. The smallest absolute Gasteiger partial charge is 0.135 e. The number of aliphatic imine (C=N–C) groups is 1. The Hall–Kier alpha value is -1.03. The first-order chi connectivity index (χ1) is 4.88. The molecule has 1 N–H and O–H groups in total. The van der Waals surface area contributed by atoms with Crippen LogP contribution in [-0.4, -0.2) is 16.2 Å². The first kappa shape index (κ1) is 5.73. The first-order valence-corrected chi connectivity index (χ1v) is 3.35. The van der Waals surface area contributed by atoms with Crippen molar-refractivity contribution in [1.82, 2.24) is 9.97 Å². The van der Waals surface area contributed by atoms with Gasteiger partial charge in [-0.2, -0.15) is 0 Å². The molecule has 1 aliphatic rings. The highest BCUT2D eigenvalue weighted by Gasteiger charge is 2.06. The zero-order valence-corrected chi connectivity index (χ0v) is 5.98. The van der Waals surface area contributed by atoms with Crippen molar-refractivity contribution in [2.75, 3.05) is 0 Å². The van der Waals surface area contributed by atoms with E-state index in [4.69, 9.17) is 12.2 Å². The molecule has 2 rings (SSSR count). The molecule has 0 spiro atoms. The fraction of sp³-hybridized carbons (Fsp3) is 0.167. The molecule has 0 saturated heterocycles. The van der Waals surface area contributed by atoms with Gasteiger partial charge in [-0.05, 0) is 0 Å². The van der Waals surface area contributed by atoms with E-state index < -0.39 is 0 Å². The molecule has 0 radical (unpaired) electrons. The predicted molar refractivity (Wildman–Crippen MR) is 40.7 cm³/mol. The van der Waals surface area contributed by atoms with Crippen molar-refractivity contribution >= 4 is 18.4 Å². The highest BCUT2D eigenvalue weighted by atomic mass is 32.1. The van der Waals surface area contributed by atoms with Gasteiger partial charge in [0.2, 0.25) is 0 Å². The van der Waals surface area contributed by atoms with E-state index in [1.165, 1.54) is 0 Å². The van der Waals surface area contributed by atoms with Crippen LogP contribution in [0.5, 0.6) is 0 Å². The second-order valence-electron chi connectivity index (χ2n) is 2.07. The van der Waals surface area contributed by atoms with Crippen LogP contribution in [0.15, 0.2) is 11.3 Å². The monoisotopic (exact) mass is 151 g/mol. The molecule has 0 aliphatic carbocycles. The lowest BCUT2D eigenvalue weighted by atomic mass is 10.3. The van der Waals surface area contributed by atoms with E-state index in [9.17, 15) is 0 Å². The third-order valence-electron chi connectivity index (χ3n) is 1.45. The molecule has 10 heavy (non-hydrogen) atoms. The molecule has 3 nitrogen and oxygen atoms in total. The lowest BCUT2D eigenvalue weighted by Gasteiger charge is -1.92. The molecule has 1 aliphatic heterocycles. The largest absolute Gasteiger partial charge is 0.345 e. The van der Waals surface area contributed by atoms with Gasteiger partial charge in [0.15, 0.2) is 0 Å². The molecule has 4 heteroatoms. The molecule has 0 aromatic carbocycles. The summed E-state index contributed by atoms with van der Waals surface area (Å²) in [5.41, 5.74) is 2.04. The molecule has 50 valence electrons. The lowest BCUT2D eigenvalue weighted by molar-refractivity contribution is 1.03. The van der Waals surface area contributed by atoms with Crippen molar-refractivity contribution in [1.29, 1.82) is 0 Å². The van der Waals surface area contributed by atoms with Crippen molar-refractivity contribution in [2.45, 2.75) is 6.54 Å². The highest BCUT2D eigenvalue weighted by Crippen LogP contribution is 2.10. The summed E-state index contributed by atoms with van der Waals surface area (Å²) in [5.74, 6) is 0. The molecule has 2 heterocycles. The summed E-state index contributed by atoms with van der Waals surface area (Å²) in [4.78, 5) is 10.9. The molecule has 1 aromatic rings. The number of rotatable bonds is 0. The zero-order valence-electron chi connectivity index (χ0n) is 5.16. The minimum absolute atomic E-state index is 0.659. The average molecular weight is 151 g/mol. The van der Waals surface area contributed by atoms with Crippen molar-refractivity contribution in [2.24, 2.45) is 4.99 Å². The number of nitrogens with one attached hydrogen (secondary N) is 1. The van der Waals surface area contributed by atoms with Crippen LogP contribution in [0.2, 0.25) is 0 Å². The van der Waals surface area contributed by atoms with E-state index in [2.05, 4.69) is 15.0 Å². The van der Waals surface area contributed by atoms with Crippen LogP contribution < -0.4 is 0 Å². The van der Waals surface area contributed by atoms with Crippen molar-refractivity contribution in [3.8, 4) is 0 Å². The van der Waals surface area contributed by atoms with E-state index in [-0.39, 0.29) is 0 Å². The minimum Gasteiger partial charge on any atom is -0.345 e. The Balaban J connectivity index is 2.77. The van der Waals surface area contributed by atoms with Crippen molar-refractivity contribution in [3.63, 3.8) is 0 Å². The fourth-order valence-corrected chi connectivity index (χ4v) is 1.16. The number of hydrogen-bond donors (Lipinski definition) is 1. The maximum Gasteiger partial charge on any atom is 0.135 e. The third-order valence-corrected chi connectivity index (χ3v) is 1.81. The standard InChI is InChI=1S/C6H5N3S/c10-6-4-1-7-2-5(4)8-3-9-6/h2-3H,1H2,(H,8,9,10). The number of H-pyrrole nitrogens is 1.